The number of anilines is 2. The molecule has 148 valence electrons. The normalized spacial score (nSPS) is 15.6. The van der Waals surface area contributed by atoms with Gasteiger partial charge < -0.3 is 10.1 Å². The number of nitrogens with zero attached hydrogens (tertiary/aromatic N) is 5. The Balaban J connectivity index is 1.50. The molecule has 4 rings (SSSR count). The lowest BCUT2D eigenvalue weighted by Crippen LogP contribution is -2.18. The van der Waals surface area contributed by atoms with E-state index in [1.807, 2.05) is 30.3 Å². The molecule has 1 amide bonds. The number of esters is 1. The first-order chi connectivity index (χ1) is 14.2. The highest BCUT2D eigenvalue weighted by Gasteiger charge is 2.30. The van der Waals surface area contributed by atoms with Crippen molar-refractivity contribution in [1.82, 2.24) is 15.2 Å². The van der Waals surface area contributed by atoms with Crippen LogP contribution >= 0.6 is 23.1 Å². The molecule has 0 bridgehead atoms. The van der Waals surface area contributed by atoms with Crippen LogP contribution in [0.4, 0.5) is 10.3 Å². The summed E-state index contributed by atoms with van der Waals surface area (Å²) in [5, 5.41) is 19.8. The zero-order valence-corrected chi connectivity index (χ0v) is 16.9. The van der Waals surface area contributed by atoms with Crippen LogP contribution in [0, 0.1) is 0 Å². The van der Waals surface area contributed by atoms with E-state index in [1.54, 1.807) is 16.8 Å². The molecule has 2 aromatic heterocycles. The number of hydrazone groups is 1. The third-order valence-electron chi connectivity index (χ3n) is 4.16. The molecule has 0 fully saturated rings. The first-order valence-electron chi connectivity index (χ1n) is 8.66. The van der Waals surface area contributed by atoms with E-state index >= 15 is 0 Å². The number of carbonyl (C=O) groups is 2. The van der Waals surface area contributed by atoms with Gasteiger partial charge in [0.15, 0.2) is 0 Å². The number of benzene rings is 1. The van der Waals surface area contributed by atoms with Gasteiger partial charge >= 0.3 is 5.97 Å². The molecule has 3 aromatic rings. The maximum Gasteiger partial charge on any atom is 0.306 e. The molecule has 1 atom stereocenters. The molecular formula is C18H16N6O3S2. The summed E-state index contributed by atoms with van der Waals surface area (Å²) in [7, 11) is 1.28. The van der Waals surface area contributed by atoms with Gasteiger partial charge in [0, 0.05) is 18.0 Å². The quantitative estimate of drug-likeness (QED) is 0.596. The van der Waals surface area contributed by atoms with E-state index in [-0.39, 0.29) is 24.1 Å². The molecular weight excluding hydrogens is 412 g/mol. The van der Waals surface area contributed by atoms with Crippen molar-refractivity contribution >= 4 is 61.6 Å². The highest BCUT2D eigenvalue weighted by Crippen LogP contribution is 2.42. The number of fused-ring (bicyclic) bond motifs is 1. The van der Waals surface area contributed by atoms with Crippen LogP contribution in [0.3, 0.4) is 0 Å². The van der Waals surface area contributed by atoms with Gasteiger partial charge in [-0.2, -0.15) is 5.10 Å². The molecule has 1 aromatic carbocycles. The smallest absolute Gasteiger partial charge is 0.306 e. The molecule has 1 aliphatic rings. The van der Waals surface area contributed by atoms with Crippen LogP contribution in [0.1, 0.15) is 23.9 Å². The van der Waals surface area contributed by atoms with Gasteiger partial charge in [0.25, 0.3) is 0 Å². The predicted octanol–water partition coefficient (Wildman–Crippen LogP) is 3.17. The number of amides is 1. The number of thioether (sulfide) groups is 1. The van der Waals surface area contributed by atoms with Crippen molar-refractivity contribution in [2.45, 2.75) is 18.2 Å². The van der Waals surface area contributed by atoms with Gasteiger partial charge in [0.1, 0.15) is 5.37 Å². The molecule has 1 aliphatic heterocycles. The standard InChI is InChI=1S/C18H16N6O3S2/c1-27-14(26)7-6-13(25)21-17-22-23-18(29-17)24-16(28-10-20-24)15-12-5-3-2-4-11(12)8-9-19-15/h2-5,8-10,16H,6-7H2,1H3,(H,21,22,25). The molecule has 0 radical (unpaired) electrons. The number of rotatable bonds is 6. The number of hydrogen-bond donors (Lipinski definition) is 1. The number of nitrogens with one attached hydrogen (secondary N) is 1. The number of aromatic nitrogens is 3. The van der Waals surface area contributed by atoms with E-state index in [0.717, 1.165) is 16.5 Å². The topological polar surface area (TPSA) is 110 Å². The van der Waals surface area contributed by atoms with Crippen molar-refractivity contribution in [2.75, 3.05) is 17.4 Å². The van der Waals surface area contributed by atoms with Crippen LogP contribution in [-0.2, 0) is 14.3 Å². The van der Waals surface area contributed by atoms with E-state index in [9.17, 15) is 9.59 Å². The van der Waals surface area contributed by atoms with E-state index in [0.29, 0.717) is 10.3 Å². The van der Waals surface area contributed by atoms with E-state index in [2.05, 4.69) is 30.3 Å². The van der Waals surface area contributed by atoms with Gasteiger partial charge in [0.2, 0.25) is 16.2 Å². The summed E-state index contributed by atoms with van der Waals surface area (Å²) in [4.78, 5) is 27.7. The number of pyridine rings is 1. The Bertz CT molecular complexity index is 1080. The minimum absolute atomic E-state index is 0.00980. The predicted molar refractivity (Wildman–Crippen MR) is 113 cm³/mol. The fourth-order valence-corrected chi connectivity index (χ4v) is 4.45. The summed E-state index contributed by atoms with van der Waals surface area (Å²) >= 11 is 2.73. The Morgan fingerprint density at radius 1 is 1.21 bits per heavy atom. The monoisotopic (exact) mass is 428 g/mol. The lowest BCUT2D eigenvalue weighted by Gasteiger charge is -2.20. The van der Waals surface area contributed by atoms with Crippen molar-refractivity contribution in [3.63, 3.8) is 0 Å². The third-order valence-corrected chi connectivity index (χ3v) is 5.89. The second-order valence-corrected chi connectivity index (χ2v) is 7.87. The molecule has 0 saturated heterocycles. The van der Waals surface area contributed by atoms with Crippen LogP contribution in [-0.4, -0.2) is 39.7 Å². The average Bonchev–Trinajstić information content (AvgIpc) is 3.41. The zero-order valence-electron chi connectivity index (χ0n) is 15.3. The molecule has 3 heterocycles. The Labute approximate surface area is 174 Å². The maximum atomic E-state index is 12.0. The Morgan fingerprint density at radius 2 is 2.07 bits per heavy atom. The van der Waals surface area contributed by atoms with Crippen molar-refractivity contribution in [3.8, 4) is 0 Å². The third kappa shape index (κ3) is 4.20. The minimum Gasteiger partial charge on any atom is -0.469 e. The summed E-state index contributed by atoms with van der Waals surface area (Å²) in [6.07, 6.45) is 1.81. The molecule has 1 N–H and O–H groups in total. The van der Waals surface area contributed by atoms with Crippen LogP contribution in [0.5, 0.6) is 0 Å². The molecule has 9 nitrogen and oxygen atoms in total. The zero-order chi connectivity index (χ0) is 20.2. The molecule has 11 heteroatoms. The highest BCUT2D eigenvalue weighted by molar-refractivity contribution is 8.12. The van der Waals surface area contributed by atoms with E-state index in [1.165, 1.54) is 30.2 Å². The Morgan fingerprint density at radius 3 is 2.93 bits per heavy atom. The SMILES string of the molecule is COC(=O)CCC(=O)Nc1nnc(N2N=CSC2c2nccc3ccccc23)s1. The number of carbonyl (C=O) groups excluding carboxylic acids is 2. The average molecular weight is 428 g/mol. The fourth-order valence-electron chi connectivity index (χ4n) is 2.78. The van der Waals surface area contributed by atoms with Gasteiger partial charge in [-0.3, -0.25) is 14.6 Å². The summed E-state index contributed by atoms with van der Waals surface area (Å²) < 4.78 is 4.53. The highest BCUT2D eigenvalue weighted by atomic mass is 32.2. The van der Waals surface area contributed by atoms with Gasteiger partial charge in [0.05, 0.1) is 24.8 Å². The summed E-state index contributed by atoms with van der Waals surface area (Å²) in [6.45, 7) is 0. The van der Waals surface area contributed by atoms with E-state index < -0.39 is 5.97 Å². The first kappa shape index (κ1) is 19.3. The molecule has 1 unspecified atom stereocenters. The van der Waals surface area contributed by atoms with Crippen LogP contribution < -0.4 is 10.3 Å². The summed E-state index contributed by atoms with van der Waals surface area (Å²) in [5.74, 6) is -0.767. The molecule has 0 aliphatic carbocycles. The van der Waals surface area contributed by atoms with Crippen LogP contribution in [0.2, 0.25) is 0 Å². The lowest BCUT2D eigenvalue weighted by atomic mass is 10.1. The second-order valence-electron chi connectivity index (χ2n) is 5.99. The summed E-state index contributed by atoms with van der Waals surface area (Å²) in [6, 6.07) is 10.0. The lowest BCUT2D eigenvalue weighted by molar-refractivity contribution is -0.141. The minimum atomic E-state index is -0.438. The Kier molecular flexibility index (Phi) is 5.67. The van der Waals surface area contributed by atoms with Crippen molar-refractivity contribution in [1.29, 1.82) is 0 Å². The van der Waals surface area contributed by atoms with Crippen LogP contribution in [0.15, 0.2) is 41.6 Å². The number of ether oxygens (including phenoxy) is 1. The van der Waals surface area contributed by atoms with Gasteiger partial charge in [-0.25, -0.2) is 5.01 Å². The van der Waals surface area contributed by atoms with E-state index in [4.69, 9.17) is 0 Å². The fraction of sp³-hybridized carbons (Fsp3) is 0.222. The largest absolute Gasteiger partial charge is 0.469 e. The molecule has 29 heavy (non-hydrogen) atoms. The number of hydrogen-bond acceptors (Lipinski definition) is 10. The summed E-state index contributed by atoms with van der Waals surface area (Å²) in [5.41, 5.74) is 2.62. The van der Waals surface area contributed by atoms with Gasteiger partial charge in [-0.05, 0) is 11.5 Å². The first-order valence-corrected chi connectivity index (χ1v) is 10.4. The van der Waals surface area contributed by atoms with Crippen molar-refractivity contribution < 1.29 is 14.3 Å². The number of methoxy groups -OCH3 is 1. The second kappa shape index (κ2) is 8.53. The molecule has 0 spiro atoms. The van der Waals surface area contributed by atoms with Gasteiger partial charge in [-0.15, -0.1) is 10.2 Å². The van der Waals surface area contributed by atoms with Crippen molar-refractivity contribution in [3.05, 3.63) is 42.2 Å². The molecule has 0 saturated carbocycles. The van der Waals surface area contributed by atoms with Crippen LogP contribution in [0.25, 0.3) is 10.8 Å². The van der Waals surface area contributed by atoms with Crippen molar-refractivity contribution in [2.24, 2.45) is 5.10 Å². The van der Waals surface area contributed by atoms with Gasteiger partial charge in [-0.1, -0.05) is 47.4 Å². The Hall–Kier alpha value is -3.05. The maximum absolute atomic E-state index is 12.0.